The van der Waals surface area contributed by atoms with Crippen LogP contribution in [-0.4, -0.2) is 54.9 Å². The largest absolute Gasteiger partial charge is 0.497 e. The van der Waals surface area contributed by atoms with Gasteiger partial charge in [0.25, 0.3) is 0 Å². The minimum atomic E-state index is -1.53. The van der Waals surface area contributed by atoms with Gasteiger partial charge in [-0.05, 0) is 68.0 Å². The van der Waals surface area contributed by atoms with Crippen LogP contribution in [0.1, 0.15) is 43.0 Å². The van der Waals surface area contributed by atoms with Gasteiger partial charge in [-0.2, -0.15) is 0 Å². The Labute approximate surface area is 219 Å². The van der Waals surface area contributed by atoms with Crippen molar-refractivity contribution in [1.82, 2.24) is 9.88 Å². The van der Waals surface area contributed by atoms with Crippen molar-refractivity contribution in [3.8, 4) is 11.5 Å². The van der Waals surface area contributed by atoms with E-state index in [0.29, 0.717) is 66.7 Å². The number of hydrogen-bond donors (Lipinski definition) is 2. The van der Waals surface area contributed by atoms with E-state index in [1.54, 1.807) is 31.5 Å². The van der Waals surface area contributed by atoms with Gasteiger partial charge in [-0.15, -0.1) is 0 Å². The molecule has 1 aromatic heterocycles. The first-order chi connectivity index (χ1) is 18.3. The number of aliphatic hydroxyl groups excluding tert-OH is 1. The molecule has 10 heteroatoms. The Morgan fingerprint density at radius 2 is 1.82 bits per heavy atom. The van der Waals surface area contributed by atoms with Crippen molar-refractivity contribution in [3.05, 3.63) is 65.1 Å². The molecule has 2 heterocycles. The average molecular weight is 536 g/mol. The fourth-order valence-electron chi connectivity index (χ4n) is 5.12. The van der Waals surface area contributed by atoms with E-state index in [-0.39, 0.29) is 31.9 Å². The van der Waals surface area contributed by atoms with E-state index >= 15 is 4.39 Å². The number of nitrogens with two attached hydrogens (primary N) is 1. The fourth-order valence-corrected chi connectivity index (χ4v) is 5.12. The molecule has 3 aromatic rings. The molecule has 38 heavy (non-hydrogen) atoms. The van der Waals surface area contributed by atoms with Crippen LogP contribution in [0.15, 0.2) is 36.5 Å². The van der Waals surface area contributed by atoms with Gasteiger partial charge in [-0.3, -0.25) is 9.88 Å². The highest BCUT2D eigenvalue weighted by molar-refractivity contribution is 5.85. The minimum absolute atomic E-state index is 0.0488. The normalized spacial score (nSPS) is 16.5. The number of pyridine rings is 1. The van der Waals surface area contributed by atoms with Crippen LogP contribution in [0.4, 0.5) is 17.6 Å². The summed E-state index contributed by atoms with van der Waals surface area (Å²) in [5.41, 5.74) is 7.33. The molecule has 206 valence electrons. The molecule has 1 saturated heterocycles. The molecule has 0 amide bonds. The number of methoxy groups -OCH3 is 1. The van der Waals surface area contributed by atoms with Crippen molar-refractivity contribution in [3.63, 3.8) is 0 Å². The molecule has 4 rings (SSSR count). The molecule has 0 saturated carbocycles. The van der Waals surface area contributed by atoms with Crippen LogP contribution in [0, 0.1) is 22.9 Å². The highest BCUT2D eigenvalue weighted by Gasteiger charge is 2.35. The number of aliphatic hydroxyl groups is 1. The molecule has 0 unspecified atom stereocenters. The molecular formula is C28H33F4N3O3. The van der Waals surface area contributed by atoms with E-state index in [1.165, 1.54) is 0 Å². The first-order valence-corrected chi connectivity index (χ1v) is 12.7. The zero-order valence-corrected chi connectivity index (χ0v) is 21.4. The molecule has 0 spiro atoms. The second-order valence-corrected chi connectivity index (χ2v) is 9.84. The molecule has 3 N–H and O–H groups in total. The van der Waals surface area contributed by atoms with E-state index in [0.717, 1.165) is 12.1 Å². The maximum atomic E-state index is 15.8. The maximum absolute atomic E-state index is 15.8. The van der Waals surface area contributed by atoms with Crippen molar-refractivity contribution in [2.45, 2.75) is 38.4 Å². The Morgan fingerprint density at radius 1 is 1.11 bits per heavy atom. The zero-order chi connectivity index (χ0) is 27.3. The number of hydrogen-bond acceptors (Lipinski definition) is 6. The van der Waals surface area contributed by atoms with E-state index in [1.807, 2.05) is 0 Å². The van der Waals surface area contributed by atoms with E-state index in [4.69, 9.17) is 15.2 Å². The predicted molar refractivity (Wildman–Crippen MR) is 136 cm³/mol. The molecule has 0 aliphatic carbocycles. The maximum Gasteiger partial charge on any atom is 0.194 e. The molecule has 0 radical (unpaired) electrons. The summed E-state index contributed by atoms with van der Waals surface area (Å²) in [7, 11) is 1.56. The molecule has 6 nitrogen and oxygen atoms in total. The lowest BCUT2D eigenvalue weighted by atomic mass is 9.74. The first-order valence-electron chi connectivity index (χ1n) is 12.7. The molecule has 1 aliphatic heterocycles. The second-order valence-electron chi connectivity index (χ2n) is 9.84. The number of likely N-dealkylation sites (tertiary alicyclic amines) is 1. The number of rotatable bonds is 11. The van der Waals surface area contributed by atoms with Crippen LogP contribution < -0.4 is 15.2 Å². The minimum Gasteiger partial charge on any atom is -0.497 e. The van der Waals surface area contributed by atoms with Crippen LogP contribution in [0.25, 0.3) is 10.9 Å². The monoisotopic (exact) mass is 535 g/mol. The van der Waals surface area contributed by atoms with Crippen molar-refractivity contribution < 1.29 is 32.1 Å². The first kappa shape index (κ1) is 28.1. The van der Waals surface area contributed by atoms with Crippen molar-refractivity contribution in [2.24, 2.45) is 11.1 Å². The van der Waals surface area contributed by atoms with Gasteiger partial charge in [0.15, 0.2) is 17.5 Å². The Bertz CT molecular complexity index is 1220. The zero-order valence-electron chi connectivity index (χ0n) is 21.4. The van der Waals surface area contributed by atoms with Gasteiger partial charge in [0, 0.05) is 49.0 Å². The van der Waals surface area contributed by atoms with Gasteiger partial charge < -0.3 is 20.3 Å². The summed E-state index contributed by atoms with van der Waals surface area (Å²) in [5, 5.41) is 10.9. The van der Waals surface area contributed by atoms with Crippen molar-refractivity contribution in [2.75, 3.05) is 40.0 Å². The summed E-state index contributed by atoms with van der Waals surface area (Å²) >= 11 is 0. The lowest BCUT2D eigenvalue weighted by Gasteiger charge is -2.41. The summed E-state index contributed by atoms with van der Waals surface area (Å²) < 4.78 is 66.3. The lowest BCUT2D eigenvalue weighted by Crippen LogP contribution is -2.43. The standard InChI is InChI=1S/C28H33F4N3O3/c1-37-19-2-3-25-21(12-19)26(18(15-33)16-34-25)22(29)4-5-28(17-36)6-8-35(9-7-28)10-11-38-20-13-23(30)27(32)24(31)14-20/h2-3,12-14,16,22,36H,4-11,15,17,33H2,1H3/t22-/m1/s1. The number of nitrogens with zero attached hydrogens (tertiary/aromatic N) is 2. The highest BCUT2D eigenvalue weighted by Crippen LogP contribution is 2.41. The van der Waals surface area contributed by atoms with Gasteiger partial charge >= 0.3 is 0 Å². The third-order valence-electron chi connectivity index (χ3n) is 7.55. The smallest absolute Gasteiger partial charge is 0.194 e. The van der Waals surface area contributed by atoms with Gasteiger partial charge in [0.05, 0.1) is 12.6 Å². The third kappa shape index (κ3) is 6.19. The summed E-state index contributed by atoms with van der Waals surface area (Å²) in [5.74, 6) is -3.58. The number of aromatic nitrogens is 1. The summed E-state index contributed by atoms with van der Waals surface area (Å²) in [6.45, 7) is 2.11. The molecular weight excluding hydrogens is 502 g/mol. The van der Waals surface area contributed by atoms with Crippen molar-refractivity contribution in [1.29, 1.82) is 0 Å². The SMILES string of the molecule is COc1ccc2ncc(CN)c([C@H](F)CCC3(CO)CCN(CCOc4cc(F)c(F)c(F)c4)CC3)c2c1. The number of fused-ring (bicyclic) bond motifs is 1. The second kappa shape index (κ2) is 12.3. The number of alkyl halides is 1. The molecule has 0 bridgehead atoms. The molecule has 1 atom stereocenters. The van der Waals surface area contributed by atoms with Gasteiger partial charge in [0.1, 0.15) is 24.3 Å². The lowest BCUT2D eigenvalue weighted by molar-refractivity contribution is 0.0265. The summed E-state index contributed by atoms with van der Waals surface area (Å²) in [6.07, 6.45) is 2.41. The average Bonchev–Trinajstić information content (AvgIpc) is 2.94. The Balaban J connectivity index is 1.34. The number of ether oxygens (including phenoxy) is 2. The van der Waals surface area contributed by atoms with Crippen molar-refractivity contribution >= 4 is 10.9 Å². The fraction of sp³-hybridized carbons (Fsp3) is 0.464. The van der Waals surface area contributed by atoms with E-state index < -0.39 is 29.0 Å². The highest BCUT2D eigenvalue weighted by atomic mass is 19.2. The Kier molecular flexibility index (Phi) is 9.07. The van der Waals surface area contributed by atoms with E-state index in [9.17, 15) is 18.3 Å². The van der Waals surface area contributed by atoms with Crippen LogP contribution in [-0.2, 0) is 6.54 Å². The van der Waals surface area contributed by atoms with Crippen LogP contribution in [0.3, 0.4) is 0 Å². The summed E-state index contributed by atoms with van der Waals surface area (Å²) in [6, 6.07) is 6.99. The molecule has 2 aromatic carbocycles. The third-order valence-corrected chi connectivity index (χ3v) is 7.55. The van der Waals surface area contributed by atoms with Gasteiger partial charge in [-0.25, -0.2) is 17.6 Å². The Morgan fingerprint density at radius 3 is 2.45 bits per heavy atom. The van der Waals surface area contributed by atoms with Crippen LogP contribution in [0.5, 0.6) is 11.5 Å². The summed E-state index contributed by atoms with van der Waals surface area (Å²) in [4.78, 5) is 6.52. The predicted octanol–water partition coefficient (Wildman–Crippen LogP) is 5.06. The number of benzene rings is 2. The van der Waals surface area contributed by atoms with E-state index in [2.05, 4.69) is 9.88 Å². The number of halogens is 4. The molecule has 1 aliphatic rings. The van der Waals surface area contributed by atoms with Crippen LogP contribution >= 0.6 is 0 Å². The Hall–Kier alpha value is -2.95. The van der Waals surface area contributed by atoms with Gasteiger partial charge in [-0.1, -0.05) is 0 Å². The van der Waals surface area contributed by atoms with Crippen LogP contribution in [0.2, 0.25) is 0 Å². The quantitative estimate of drug-likeness (QED) is 0.264. The topological polar surface area (TPSA) is 80.8 Å². The molecule has 1 fully saturated rings. The van der Waals surface area contributed by atoms with Gasteiger partial charge in [0.2, 0.25) is 0 Å². The number of piperidine rings is 1.